The van der Waals surface area contributed by atoms with E-state index in [-0.39, 0.29) is 0 Å². The van der Waals surface area contributed by atoms with Crippen LogP contribution in [0.15, 0.2) is 12.1 Å². The summed E-state index contributed by atoms with van der Waals surface area (Å²) < 4.78 is 5.41. The molecule has 0 heterocycles. The van der Waals surface area contributed by atoms with Gasteiger partial charge in [0.1, 0.15) is 0 Å². The first-order chi connectivity index (χ1) is 4.63. The lowest BCUT2D eigenvalue weighted by Gasteiger charge is -2.00. The van der Waals surface area contributed by atoms with E-state index in [0.717, 1.165) is 0 Å². The van der Waals surface area contributed by atoms with Crippen LogP contribution < -0.4 is 0 Å². The maximum atomic E-state index is 2.37. The van der Waals surface area contributed by atoms with Crippen molar-refractivity contribution in [1.82, 2.24) is 0 Å². The van der Waals surface area contributed by atoms with Crippen LogP contribution in [0.25, 0.3) is 0 Å². The molecule has 0 unspecified atom stereocenters. The second-order valence-electron chi connectivity index (χ2n) is 1.66. The average Bonchev–Trinajstić information content (AvgIpc) is 1.93. The molecule has 10 heavy (non-hydrogen) atoms. The Kier molecular flexibility index (Phi) is 4.49. The van der Waals surface area contributed by atoms with Crippen LogP contribution in [0.3, 0.4) is 0 Å². The van der Waals surface area contributed by atoms with E-state index in [9.17, 15) is 0 Å². The Morgan fingerprint density at radius 2 is 1.00 bits per heavy atom. The minimum atomic E-state index is 1.34. The molecule has 0 fully saturated rings. The SMILES string of the molecule is Ic1ccc(I)c(I)c1I. The lowest BCUT2D eigenvalue weighted by atomic mass is 10.4. The summed E-state index contributed by atoms with van der Waals surface area (Å²) in [5.41, 5.74) is 0. The molecular weight excluding hydrogens is 580 g/mol. The van der Waals surface area contributed by atoms with E-state index in [4.69, 9.17) is 0 Å². The highest BCUT2D eigenvalue weighted by molar-refractivity contribution is 14.1. The molecular formula is C6H2I4. The molecule has 54 valence electrons. The molecule has 0 aliphatic rings. The van der Waals surface area contributed by atoms with Crippen molar-refractivity contribution in [1.29, 1.82) is 0 Å². The zero-order valence-corrected chi connectivity index (χ0v) is 13.3. The van der Waals surface area contributed by atoms with Gasteiger partial charge in [0.05, 0.1) is 0 Å². The van der Waals surface area contributed by atoms with Crippen molar-refractivity contribution in [2.24, 2.45) is 0 Å². The molecule has 0 aliphatic heterocycles. The predicted octanol–water partition coefficient (Wildman–Crippen LogP) is 4.11. The third-order valence-corrected chi connectivity index (χ3v) is 8.12. The zero-order valence-electron chi connectivity index (χ0n) is 4.67. The Morgan fingerprint density at radius 3 is 1.30 bits per heavy atom. The van der Waals surface area contributed by atoms with Crippen molar-refractivity contribution in [3.63, 3.8) is 0 Å². The Hall–Kier alpha value is 2.14. The maximum Gasteiger partial charge on any atom is 0.0408 e. The Morgan fingerprint density at radius 1 is 0.700 bits per heavy atom. The highest BCUT2D eigenvalue weighted by Gasteiger charge is 2.03. The molecule has 0 atom stereocenters. The standard InChI is InChI=1S/C6H2I4/c7-3-1-2-4(8)6(10)5(3)9/h1-2H. The summed E-state index contributed by atoms with van der Waals surface area (Å²) in [5, 5.41) is 0. The van der Waals surface area contributed by atoms with Crippen LogP contribution in [-0.2, 0) is 0 Å². The van der Waals surface area contributed by atoms with Gasteiger partial charge in [-0.25, -0.2) is 0 Å². The minimum absolute atomic E-state index is 1.34. The lowest BCUT2D eigenvalue weighted by molar-refractivity contribution is 1.48. The number of benzene rings is 1. The Labute approximate surface area is 114 Å². The molecule has 0 amide bonds. The smallest absolute Gasteiger partial charge is 0.0408 e. The summed E-state index contributed by atoms with van der Waals surface area (Å²) in [6, 6.07) is 4.29. The molecule has 0 spiro atoms. The quantitative estimate of drug-likeness (QED) is 0.246. The van der Waals surface area contributed by atoms with Crippen LogP contribution in [0.5, 0.6) is 0 Å². The van der Waals surface area contributed by atoms with E-state index in [0.29, 0.717) is 0 Å². The number of hydrogen-bond donors (Lipinski definition) is 0. The van der Waals surface area contributed by atoms with Gasteiger partial charge in [0, 0.05) is 14.3 Å². The first-order valence-electron chi connectivity index (χ1n) is 2.42. The van der Waals surface area contributed by atoms with Crippen LogP contribution in [0.1, 0.15) is 0 Å². The van der Waals surface area contributed by atoms with Crippen molar-refractivity contribution in [3.05, 3.63) is 26.4 Å². The van der Waals surface area contributed by atoms with Gasteiger partial charge in [-0.3, -0.25) is 0 Å². The normalized spacial score (nSPS) is 10.0. The number of halogens is 4. The molecule has 0 saturated carbocycles. The van der Waals surface area contributed by atoms with E-state index in [2.05, 4.69) is 102 Å². The summed E-state index contributed by atoms with van der Waals surface area (Å²) in [7, 11) is 0. The summed E-state index contributed by atoms with van der Waals surface area (Å²) in [6.45, 7) is 0. The van der Waals surface area contributed by atoms with Crippen LogP contribution in [0.4, 0.5) is 0 Å². The molecule has 0 aliphatic carbocycles. The molecule has 1 aromatic carbocycles. The summed E-state index contributed by atoms with van der Waals surface area (Å²) in [4.78, 5) is 0. The van der Waals surface area contributed by atoms with E-state index >= 15 is 0 Å². The largest absolute Gasteiger partial charge is 0.0466 e. The van der Waals surface area contributed by atoms with E-state index in [1.807, 2.05) is 0 Å². The van der Waals surface area contributed by atoms with Gasteiger partial charge in [0.15, 0.2) is 0 Å². The minimum Gasteiger partial charge on any atom is -0.0466 e. The topological polar surface area (TPSA) is 0 Å². The molecule has 0 aromatic heterocycles. The van der Waals surface area contributed by atoms with E-state index in [1.165, 1.54) is 14.3 Å². The number of hydrogen-bond acceptors (Lipinski definition) is 0. The van der Waals surface area contributed by atoms with Gasteiger partial charge in [0.2, 0.25) is 0 Å². The fourth-order valence-electron chi connectivity index (χ4n) is 0.502. The van der Waals surface area contributed by atoms with E-state index < -0.39 is 0 Å². The third kappa shape index (κ3) is 2.31. The molecule has 0 N–H and O–H groups in total. The van der Waals surface area contributed by atoms with Gasteiger partial charge < -0.3 is 0 Å². The number of rotatable bonds is 0. The average molecular weight is 582 g/mol. The molecule has 0 nitrogen and oxygen atoms in total. The van der Waals surface area contributed by atoms with Crippen LogP contribution in [-0.4, -0.2) is 0 Å². The predicted molar refractivity (Wildman–Crippen MR) is 77.3 cm³/mol. The molecule has 1 rings (SSSR count). The Bertz CT molecular complexity index is 229. The molecule has 0 saturated heterocycles. The second-order valence-corrected chi connectivity index (χ2v) is 6.14. The van der Waals surface area contributed by atoms with Crippen molar-refractivity contribution < 1.29 is 0 Å². The molecule has 0 radical (unpaired) electrons. The monoisotopic (exact) mass is 582 g/mol. The summed E-state index contributed by atoms with van der Waals surface area (Å²) in [6.07, 6.45) is 0. The molecule has 1 aromatic rings. The van der Waals surface area contributed by atoms with Crippen molar-refractivity contribution in [3.8, 4) is 0 Å². The van der Waals surface area contributed by atoms with Crippen molar-refractivity contribution in [2.45, 2.75) is 0 Å². The van der Waals surface area contributed by atoms with Gasteiger partial charge in [0.25, 0.3) is 0 Å². The summed E-state index contributed by atoms with van der Waals surface area (Å²) in [5.74, 6) is 0. The second kappa shape index (κ2) is 4.40. The van der Waals surface area contributed by atoms with Crippen molar-refractivity contribution >= 4 is 90.4 Å². The lowest BCUT2D eigenvalue weighted by Crippen LogP contribution is -1.87. The van der Waals surface area contributed by atoms with Gasteiger partial charge in [-0.2, -0.15) is 0 Å². The van der Waals surface area contributed by atoms with E-state index in [1.54, 1.807) is 0 Å². The highest BCUT2D eigenvalue weighted by atomic mass is 127. The van der Waals surface area contributed by atoms with Crippen LogP contribution >= 0.6 is 90.4 Å². The fraction of sp³-hybridized carbons (Fsp3) is 0. The van der Waals surface area contributed by atoms with Gasteiger partial charge in [-0.1, -0.05) is 0 Å². The maximum absolute atomic E-state index is 2.37. The van der Waals surface area contributed by atoms with Gasteiger partial charge in [-0.15, -0.1) is 0 Å². The molecule has 4 heteroatoms. The first kappa shape index (κ1) is 10.2. The van der Waals surface area contributed by atoms with Gasteiger partial charge >= 0.3 is 0 Å². The van der Waals surface area contributed by atoms with Crippen LogP contribution in [0, 0.1) is 14.3 Å². The molecule has 0 bridgehead atoms. The highest BCUT2D eigenvalue weighted by Crippen LogP contribution is 2.25. The Balaban J connectivity index is 3.34. The first-order valence-corrected chi connectivity index (χ1v) is 6.73. The van der Waals surface area contributed by atoms with Crippen LogP contribution in [0.2, 0.25) is 0 Å². The van der Waals surface area contributed by atoms with Crippen molar-refractivity contribution in [2.75, 3.05) is 0 Å². The third-order valence-electron chi connectivity index (χ3n) is 0.988. The van der Waals surface area contributed by atoms with Gasteiger partial charge in [-0.05, 0) is 102 Å². The fourth-order valence-corrected chi connectivity index (χ4v) is 3.37. The summed E-state index contributed by atoms with van der Waals surface area (Å²) >= 11 is 9.45. The zero-order chi connectivity index (χ0) is 7.72.